The minimum Gasteiger partial charge on any atom is -0.481 e. The van der Waals surface area contributed by atoms with Gasteiger partial charge in [0.25, 0.3) is 0 Å². The number of guanidine groups is 2. The van der Waals surface area contributed by atoms with Crippen LogP contribution in [0, 0.1) is 23.7 Å². The van der Waals surface area contributed by atoms with E-state index in [4.69, 9.17) is 57.5 Å². The van der Waals surface area contributed by atoms with E-state index in [1.165, 1.54) is 38.1 Å². The number of carbonyl (C=O) groups excluding carboxylic acids is 18. The largest absolute Gasteiger partial charge is 0.481 e. The third-order valence-electron chi connectivity index (χ3n) is 18.8. The van der Waals surface area contributed by atoms with Gasteiger partial charge in [0, 0.05) is 37.4 Å². The van der Waals surface area contributed by atoms with Gasteiger partial charge in [-0.15, -0.1) is 0 Å². The SMILES string of the molecule is CC[C@H](C)[C@H](NC(=O)[C@H](C)NC(=O)[C@H](CC(C)C)NC(=O)[C@H](CCC(N)=O)NC(=O)[C@H](CCCN=C(N)N)NC(=O)CNC(=O)[C@@H](NC(=O)[C@H](CCC(N)=O)NC(=O)CN)C(C)C)C(=O)N[C@H](C(=O)NCC(=O)N[C@@H](CC(=O)O)C(=O)N[C@@H](CC(=O)O)C(=O)N[C@@H](Cc1ccc(Cl)cc1)C(=O)N[C@@H](CC(N)=O)C(=O)N[C@@H](CCCN=C(N)N)C(=O)O)[C@@H](C)CC. The molecule has 698 valence electrons. The van der Waals surface area contributed by atoms with Crippen molar-refractivity contribution >= 4 is 148 Å². The van der Waals surface area contributed by atoms with E-state index in [-0.39, 0.29) is 99.3 Å². The van der Waals surface area contributed by atoms with Crippen molar-refractivity contribution in [3.63, 3.8) is 0 Å². The highest BCUT2D eigenvalue weighted by molar-refractivity contribution is 6.30. The third-order valence-corrected chi connectivity index (χ3v) is 19.1. The van der Waals surface area contributed by atoms with Crippen LogP contribution in [0.25, 0.3) is 0 Å². The van der Waals surface area contributed by atoms with Crippen LogP contribution in [0.1, 0.15) is 158 Å². The molecule has 0 spiro atoms. The number of primary amides is 3. The lowest BCUT2D eigenvalue weighted by Crippen LogP contribution is -2.61. The van der Waals surface area contributed by atoms with E-state index in [0.29, 0.717) is 0 Å². The highest BCUT2D eigenvalue weighted by Gasteiger charge is 2.39. The molecule has 49 nitrogen and oxygen atoms in total. The average Bonchev–Trinajstić information content (AvgIpc) is 0.970. The summed E-state index contributed by atoms with van der Waals surface area (Å²) in [5.41, 5.74) is 43.4. The molecule has 0 bridgehead atoms. The molecule has 0 fully saturated rings. The predicted octanol–water partition coefficient (Wildman–Crippen LogP) is -9.26. The van der Waals surface area contributed by atoms with Crippen LogP contribution in [-0.4, -0.2) is 263 Å². The zero-order valence-corrected chi connectivity index (χ0v) is 71.8. The molecule has 1 aromatic carbocycles. The standard InChI is InChI=1S/C75H122ClN25O24/c1-10-36(7)59(71(122)88-33-55(107)92-48(29-56(108)109)68(119)98-49(30-57(110)111)69(120)96-46(27-39-16-18-40(76)19-17-39)66(117)97-47(28-52(80)104)67(118)94-44(73(124)125)15-13-25-86-75(83)84)101-72(123)60(37(8)11-2)100-61(112)38(9)89-65(116)45(26-34(3)4)95-63(114)43(21-23-51(79)103)93-62(113)41(14-12-24-85-74(81)82)91-54(106)32-87-70(121)58(35(5)6)99-64(115)42(20-22-50(78)102)90-53(105)31-77/h16-19,34-38,41-49,58-60H,10-15,20-33,77H2,1-9H3,(H2,78,102)(H2,79,103)(H2,80,104)(H,87,121)(H,88,122)(H,89,116)(H,90,105)(H,91,106)(H,92,107)(H,93,113)(H,94,118)(H,95,114)(H,96,120)(H,97,117)(H,98,119)(H,99,115)(H,100,112)(H,101,123)(H,108,109)(H,110,111)(H,124,125)(H4,81,82,85)(H4,83,84,86)/t36-,37-,38-,41-,42-,43-,44-,45-,46-,47-,48-,49-,58-,59-,60-/m0/s1. The van der Waals surface area contributed by atoms with Crippen molar-refractivity contribution in [1.29, 1.82) is 0 Å². The minimum atomic E-state index is -2.19. The first-order valence-electron chi connectivity index (χ1n) is 40.0. The number of halogens is 1. The molecule has 1 rings (SSSR count). The van der Waals surface area contributed by atoms with Gasteiger partial charge in [-0.2, -0.15) is 0 Å². The molecule has 50 heteroatoms. The van der Waals surface area contributed by atoms with Crippen molar-refractivity contribution in [2.24, 2.45) is 79.5 Å². The number of aliphatic carboxylic acids is 3. The second kappa shape index (κ2) is 56.5. The van der Waals surface area contributed by atoms with Crippen LogP contribution < -0.4 is 126 Å². The highest BCUT2D eigenvalue weighted by atomic mass is 35.5. The van der Waals surface area contributed by atoms with Gasteiger partial charge in [-0.25, -0.2) is 4.79 Å². The molecular weight excluding hydrogens is 1670 g/mol. The van der Waals surface area contributed by atoms with Gasteiger partial charge in [0.05, 0.1) is 38.9 Å². The molecule has 1 aromatic rings. The number of rotatable bonds is 60. The van der Waals surface area contributed by atoms with Gasteiger partial charge in [0.15, 0.2) is 11.9 Å². The van der Waals surface area contributed by atoms with E-state index >= 15 is 0 Å². The summed E-state index contributed by atoms with van der Waals surface area (Å²) in [7, 11) is 0. The van der Waals surface area contributed by atoms with Gasteiger partial charge in [0.1, 0.15) is 78.5 Å². The Morgan fingerprint density at radius 2 is 0.728 bits per heavy atom. The van der Waals surface area contributed by atoms with Crippen molar-refractivity contribution in [1.82, 2.24) is 79.8 Å². The first-order chi connectivity index (χ1) is 58.4. The molecule has 0 saturated carbocycles. The van der Waals surface area contributed by atoms with Crippen molar-refractivity contribution in [2.45, 2.75) is 237 Å². The van der Waals surface area contributed by atoms with Crippen LogP contribution in [0.5, 0.6) is 0 Å². The predicted molar refractivity (Wildman–Crippen MR) is 447 cm³/mol. The van der Waals surface area contributed by atoms with Crippen LogP contribution in [0.2, 0.25) is 5.02 Å². The summed E-state index contributed by atoms with van der Waals surface area (Å²) in [6.45, 7) is 11.6. The van der Waals surface area contributed by atoms with Crippen LogP contribution in [-0.2, 0) is 107 Å². The monoisotopic (exact) mass is 1790 g/mol. The summed E-state index contributed by atoms with van der Waals surface area (Å²) in [5, 5.41) is 65.2. The fourth-order valence-electron chi connectivity index (χ4n) is 11.6. The Labute approximate surface area is 724 Å². The second-order valence-corrected chi connectivity index (χ2v) is 30.6. The molecule has 18 amide bonds. The summed E-state index contributed by atoms with van der Waals surface area (Å²) in [4.78, 5) is 287. The summed E-state index contributed by atoms with van der Waals surface area (Å²) in [6.07, 6.45) is -5.60. The van der Waals surface area contributed by atoms with Gasteiger partial charge in [-0.05, 0) is 93.2 Å². The number of hydrogen-bond donors (Lipinski definition) is 26. The van der Waals surface area contributed by atoms with Crippen LogP contribution in [0.4, 0.5) is 0 Å². The molecule has 0 aliphatic rings. The van der Waals surface area contributed by atoms with Gasteiger partial charge < -0.3 is 141 Å². The van der Waals surface area contributed by atoms with Crippen molar-refractivity contribution in [3.8, 4) is 0 Å². The fraction of sp³-hybridized carbons (Fsp3) is 0.613. The van der Waals surface area contributed by atoms with Gasteiger partial charge in [-0.3, -0.25) is 106 Å². The molecule has 125 heavy (non-hydrogen) atoms. The Morgan fingerprint density at radius 1 is 0.376 bits per heavy atom. The number of carboxylic acids is 3. The topological polar surface area (TPSA) is 832 Å². The number of amides is 18. The number of benzene rings is 1. The Kier molecular flexibility index (Phi) is 49.7. The van der Waals surface area contributed by atoms with E-state index in [1.54, 1.807) is 48.5 Å². The quantitative estimate of drug-likeness (QED) is 0.0164. The molecule has 0 unspecified atom stereocenters. The molecule has 0 radical (unpaired) electrons. The van der Waals surface area contributed by atoms with Gasteiger partial charge in [0.2, 0.25) is 106 Å². The molecular formula is C75H122ClN25O24. The zero-order valence-electron chi connectivity index (χ0n) is 71.1. The number of nitrogens with zero attached hydrogens (tertiary/aromatic N) is 2. The summed E-state index contributed by atoms with van der Waals surface area (Å²) in [6, 6.07) is -15.9. The van der Waals surface area contributed by atoms with Crippen LogP contribution in [0.3, 0.4) is 0 Å². The molecule has 0 saturated heterocycles. The van der Waals surface area contributed by atoms with Crippen molar-refractivity contribution in [3.05, 3.63) is 34.9 Å². The summed E-state index contributed by atoms with van der Waals surface area (Å²) < 4.78 is 0. The Morgan fingerprint density at radius 3 is 1.16 bits per heavy atom. The molecule has 15 atom stereocenters. The van der Waals surface area contributed by atoms with E-state index in [0.717, 1.165) is 0 Å². The maximum absolute atomic E-state index is 14.4. The zero-order chi connectivity index (χ0) is 95.2. The van der Waals surface area contributed by atoms with E-state index in [2.05, 4.69) is 84.4 Å². The smallest absolute Gasteiger partial charge is 0.326 e. The molecule has 34 N–H and O–H groups in total. The lowest BCUT2D eigenvalue weighted by molar-refractivity contribution is -0.143. The first kappa shape index (κ1) is 110. The first-order valence-corrected chi connectivity index (χ1v) is 40.4. The number of carboxylic acid groups (broad SMARTS) is 3. The van der Waals surface area contributed by atoms with Crippen LogP contribution >= 0.6 is 11.6 Å². The summed E-state index contributed by atoms with van der Waals surface area (Å²) >= 11 is 6.06. The lowest BCUT2D eigenvalue weighted by atomic mass is 9.94. The highest BCUT2D eigenvalue weighted by Crippen LogP contribution is 2.17. The Hall–Kier alpha value is -13.1. The van der Waals surface area contributed by atoms with E-state index in [1.807, 2.05) is 5.32 Å². The number of nitrogens with one attached hydrogen (secondary N) is 15. The fourth-order valence-corrected chi connectivity index (χ4v) is 11.7. The van der Waals surface area contributed by atoms with E-state index in [9.17, 15) is 116 Å². The summed E-state index contributed by atoms with van der Waals surface area (Å²) in [5.74, 6) is -27.1. The number of hydrogen-bond acceptors (Lipinski definition) is 24. The average molecular weight is 1790 g/mol. The number of carbonyl (C=O) groups is 21. The molecule has 0 aliphatic carbocycles. The number of nitrogens with two attached hydrogens (primary N) is 8. The maximum Gasteiger partial charge on any atom is 0.326 e. The molecule has 0 aliphatic heterocycles. The molecule has 0 aromatic heterocycles. The Balaban J connectivity index is 3.51. The number of aliphatic imine (C=N–C) groups is 2. The lowest BCUT2D eigenvalue weighted by Gasteiger charge is -2.30. The van der Waals surface area contributed by atoms with Gasteiger partial charge >= 0.3 is 17.9 Å². The van der Waals surface area contributed by atoms with Crippen molar-refractivity contribution < 1.29 is 116 Å². The normalized spacial score (nSPS) is 14.5. The van der Waals surface area contributed by atoms with E-state index < -0.39 is 279 Å². The Bertz CT molecular complexity index is 4010. The van der Waals surface area contributed by atoms with Gasteiger partial charge in [-0.1, -0.05) is 92.0 Å². The van der Waals surface area contributed by atoms with Crippen molar-refractivity contribution in [2.75, 3.05) is 32.7 Å². The maximum atomic E-state index is 14.4. The second-order valence-electron chi connectivity index (χ2n) is 30.1. The third kappa shape index (κ3) is 44.0. The van der Waals surface area contributed by atoms with Crippen LogP contribution in [0.15, 0.2) is 34.3 Å². The molecule has 0 heterocycles. The minimum absolute atomic E-state index is 0.0238.